The van der Waals surface area contributed by atoms with E-state index >= 15 is 0 Å². The van der Waals surface area contributed by atoms with Gasteiger partial charge in [0.2, 0.25) is 0 Å². The zero-order valence-corrected chi connectivity index (χ0v) is 12.9. The van der Waals surface area contributed by atoms with Crippen LogP contribution in [0.3, 0.4) is 0 Å². The molecule has 2 N–H and O–H groups in total. The number of nitro groups is 1. The molecule has 1 rings (SSSR count). The van der Waals surface area contributed by atoms with Gasteiger partial charge >= 0.3 is 0 Å². The summed E-state index contributed by atoms with van der Waals surface area (Å²) in [6, 6.07) is 2.29. The molecule has 0 amide bonds. The Kier molecular flexibility index (Phi) is 7.69. The van der Waals surface area contributed by atoms with Gasteiger partial charge in [0, 0.05) is 32.3 Å². The number of aliphatic hydroxyl groups is 1. The van der Waals surface area contributed by atoms with Crippen LogP contribution in [-0.2, 0) is 4.74 Å². The molecule has 0 aliphatic heterocycles. The SMILES string of the molecule is COCCNCC(O)COc1c(Cl)cc([N+](=O)[O-])cc1Cl. The first kappa shape index (κ1) is 17.9. The molecule has 0 radical (unpaired) electrons. The molecule has 0 heterocycles. The van der Waals surface area contributed by atoms with E-state index in [-0.39, 0.29) is 28.1 Å². The van der Waals surface area contributed by atoms with Crippen LogP contribution in [0, 0.1) is 10.1 Å². The van der Waals surface area contributed by atoms with Crippen molar-refractivity contribution in [3.8, 4) is 5.75 Å². The highest BCUT2D eigenvalue weighted by Crippen LogP contribution is 2.36. The second-order valence-corrected chi connectivity index (χ2v) is 4.97. The Morgan fingerprint density at radius 1 is 1.43 bits per heavy atom. The van der Waals surface area contributed by atoms with Gasteiger partial charge in [-0.1, -0.05) is 23.2 Å². The first-order chi connectivity index (χ1) is 9.95. The number of methoxy groups -OCH3 is 1. The molecule has 0 aliphatic rings. The van der Waals surface area contributed by atoms with Crippen molar-refractivity contribution >= 4 is 28.9 Å². The lowest BCUT2D eigenvalue weighted by Crippen LogP contribution is -2.33. The standard InChI is InChI=1S/C12H16Cl2N2O5/c1-20-3-2-15-6-9(17)7-21-12-10(13)4-8(16(18)19)5-11(12)14/h4-5,9,15,17H,2-3,6-7H2,1H3. The van der Waals surface area contributed by atoms with Gasteiger partial charge in [-0.3, -0.25) is 10.1 Å². The molecule has 21 heavy (non-hydrogen) atoms. The maximum absolute atomic E-state index is 10.6. The Labute approximate surface area is 131 Å². The van der Waals surface area contributed by atoms with Crippen LogP contribution < -0.4 is 10.1 Å². The molecule has 9 heteroatoms. The van der Waals surface area contributed by atoms with Crippen molar-refractivity contribution in [2.24, 2.45) is 0 Å². The first-order valence-electron chi connectivity index (χ1n) is 6.09. The molecule has 0 fully saturated rings. The number of nitrogens with one attached hydrogen (secondary N) is 1. The number of benzene rings is 1. The molecule has 0 saturated heterocycles. The molecule has 1 aromatic carbocycles. The minimum Gasteiger partial charge on any atom is -0.488 e. The second kappa shape index (κ2) is 9.01. The van der Waals surface area contributed by atoms with Gasteiger partial charge in [-0.15, -0.1) is 0 Å². The van der Waals surface area contributed by atoms with Gasteiger partial charge in [-0.2, -0.15) is 0 Å². The van der Waals surface area contributed by atoms with E-state index in [4.69, 9.17) is 32.7 Å². The predicted octanol–water partition coefficient (Wildman–Crippen LogP) is 1.88. The zero-order chi connectivity index (χ0) is 15.8. The quantitative estimate of drug-likeness (QED) is 0.405. The summed E-state index contributed by atoms with van der Waals surface area (Å²) in [5, 5.41) is 23.4. The van der Waals surface area contributed by atoms with E-state index in [0.29, 0.717) is 19.7 Å². The maximum Gasteiger partial charge on any atom is 0.272 e. The van der Waals surface area contributed by atoms with Crippen LogP contribution in [0.5, 0.6) is 5.75 Å². The Hall–Kier alpha value is -1.12. The van der Waals surface area contributed by atoms with Crippen molar-refractivity contribution in [2.75, 3.05) is 33.4 Å². The van der Waals surface area contributed by atoms with Gasteiger partial charge in [0.1, 0.15) is 12.7 Å². The fraction of sp³-hybridized carbons (Fsp3) is 0.500. The fourth-order valence-corrected chi connectivity index (χ4v) is 2.06. The van der Waals surface area contributed by atoms with Crippen LogP contribution in [-0.4, -0.2) is 49.5 Å². The highest BCUT2D eigenvalue weighted by Gasteiger charge is 2.16. The third kappa shape index (κ3) is 6.03. The number of halogens is 2. The number of nitro benzene ring substituents is 1. The Morgan fingerprint density at radius 2 is 2.05 bits per heavy atom. The minimum absolute atomic E-state index is 0.0220. The van der Waals surface area contributed by atoms with Crippen LogP contribution in [0.1, 0.15) is 0 Å². The minimum atomic E-state index is -0.774. The lowest BCUT2D eigenvalue weighted by Gasteiger charge is -2.14. The summed E-state index contributed by atoms with van der Waals surface area (Å²) in [5.41, 5.74) is -0.223. The van der Waals surface area contributed by atoms with E-state index in [1.165, 1.54) is 0 Å². The zero-order valence-electron chi connectivity index (χ0n) is 11.3. The summed E-state index contributed by atoms with van der Waals surface area (Å²) in [4.78, 5) is 10.0. The number of hydrogen-bond acceptors (Lipinski definition) is 6. The third-order valence-corrected chi connectivity index (χ3v) is 3.04. The Bertz CT molecular complexity index is 464. The number of aliphatic hydroxyl groups excluding tert-OH is 1. The van der Waals surface area contributed by atoms with Gasteiger partial charge < -0.3 is 19.9 Å². The number of rotatable bonds is 9. The number of ether oxygens (including phenoxy) is 2. The van der Waals surface area contributed by atoms with E-state index in [0.717, 1.165) is 12.1 Å². The molecular formula is C12H16Cl2N2O5. The Morgan fingerprint density at radius 3 is 2.57 bits per heavy atom. The second-order valence-electron chi connectivity index (χ2n) is 4.16. The van der Waals surface area contributed by atoms with Crippen molar-refractivity contribution in [3.05, 3.63) is 32.3 Å². The van der Waals surface area contributed by atoms with E-state index in [1.807, 2.05) is 0 Å². The molecular weight excluding hydrogens is 323 g/mol. The van der Waals surface area contributed by atoms with E-state index in [1.54, 1.807) is 7.11 Å². The summed E-state index contributed by atoms with van der Waals surface area (Å²) in [7, 11) is 1.58. The van der Waals surface area contributed by atoms with Crippen LogP contribution in [0.15, 0.2) is 12.1 Å². The van der Waals surface area contributed by atoms with Gasteiger partial charge in [-0.25, -0.2) is 0 Å². The molecule has 1 aromatic rings. The molecule has 1 unspecified atom stereocenters. The van der Waals surface area contributed by atoms with Crippen molar-refractivity contribution < 1.29 is 19.5 Å². The summed E-state index contributed by atoms with van der Waals surface area (Å²) < 4.78 is 10.2. The van der Waals surface area contributed by atoms with Gasteiger partial charge in [0.15, 0.2) is 5.75 Å². The largest absolute Gasteiger partial charge is 0.488 e. The summed E-state index contributed by atoms with van der Waals surface area (Å²) in [6.07, 6.45) is -0.774. The van der Waals surface area contributed by atoms with Gasteiger partial charge in [0.05, 0.1) is 21.6 Å². The highest BCUT2D eigenvalue weighted by atomic mass is 35.5. The summed E-state index contributed by atoms with van der Waals surface area (Å²) in [5.74, 6) is 0.111. The third-order valence-electron chi connectivity index (χ3n) is 2.48. The van der Waals surface area contributed by atoms with E-state index < -0.39 is 11.0 Å². The van der Waals surface area contributed by atoms with Crippen LogP contribution in [0.4, 0.5) is 5.69 Å². The monoisotopic (exact) mass is 338 g/mol. The molecule has 0 bridgehead atoms. The normalized spacial score (nSPS) is 12.2. The van der Waals surface area contributed by atoms with Crippen molar-refractivity contribution in [3.63, 3.8) is 0 Å². The van der Waals surface area contributed by atoms with Gasteiger partial charge in [-0.05, 0) is 0 Å². The maximum atomic E-state index is 10.6. The first-order valence-corrected chi connectivity index (χ1v) is 6.85. The van der Waals surface area contributed by atoms with Crippen molar-refractivity contribution in [2.45, 2.75) is 6.10 Å². The molecule has 118 valence electrons. The average molecular weight is 339 g/mol. The van der Waals surface area contributed by atoms with E-state index in [9.17, 15) is 15.2 Å². The molecule has 0 aliphatic carbocycles. The average Bonchev–Trinajstić information content (AvgIpc) is 2.42. The Balaban J connectivity index is 2.53. The fourth-order valence-electron chi connectivity index (χ4n) is 1.47. The molecule has 7 nitrogen and oxygen atoms in total. The lowest BCUT2D eigenvalue weighted by molar-refractivity contribution is -0.384. The number of nitrogens with zero attached hydrogens (tertiary/aromatic N) is 1. The predicted molar refractivity (Wildman–Crippen MR) is 79.4 cm³/mol. The van der Waals surface area contributed by atoms with Crippen LogP contribution in [0.25, 0.3) is 0 Å². The van der Waals surface area contributed by atoms with E-state index in [2.05, 4.69) is 5.32 Å². The molecule has 0 saturated carbocycles. The summed E-state index contributed by atoms with van der Waals surface area (Å²) in [6.45, 7) is 1.41. The smallest absolute Gasteiger partial charge is 0.272 e. The van der Waals surface area contributed by atoms with Crippen LogP contribution in [0.2, 0.25) is 10.0 Å². The van der Waals surface area contributed by atoms with Crippen molar-refractivity contribution in [1.82, 2.24) is 5.32 Å². The molecule has 0 aromatic heterocycles. The lowest BCUT2D eigenvalue weighted by atomic mass is 10.3. The number of hydrogen-bond donors (Lipinski definition) is 2. The number of non-ortho nitro benzene ring substituents is 1. The molecule has 1 atom stereocenters. The van der Waals surface area contributed by atoms with Crippen molar-refractivity contribution in [1.29, 1.82) is 0 Å². The molecule has 0 spiro atoms. The topological polar surface area (TPSA) is 93.9 Å². The van der Waals surface area contributed by atoms with Gasteiger partial charge in [0.25, 0.3) is 5.69 Å². The highest BCUT2D eigenvalue weighted by molar-refractivity contribution is 6.37. The van der Waals surface area contributed by atoms with Crippen LogP contribution >= 0.6 is 23.2 Å². The summed E-state index contributed by atoms with van der Waals surface area (Å²) >= 11 is 11.8.